The summed E-state index contributed by atoms with van der Waals surface area (Å²) >= 11 is 7.28. The van der Waals surface area contributed by atoms with E-state index in [0.717, 1.165) is 5.56 Å². The summed E-state index contributed by atoms with van der Waals surface area (Å²) in [7, 11) is 0. The van der Waals surface area contributed by atoms with Crippen LogP contribution in [0.1, 0.15) is 26.8 Å². The van der Waals surface area contributed by atoms with E-state index in [1.807, 2.05) is 6.07 Å². The number of rotatable bonds is 5. The van der Waals surface area contributed by atoms with Crippen LogP contribution >= 0.6 is 22.9 Å². The molecule has 28 heavy (non-hydrogen) atoms. The summed E-state index contributed by atoms with van der Waals surface area (Å²) in [6.45, 7) is 0.214. The Labute approximate surface area is 170 Å². The van der Waals surface area contributed by atoms with Gasteiger partial charge in [-0.1, -0.05) is 35.9 Å². The van der Waals surface area contributed by atoms with Crippen molar-refractivity contribution in [3.63, 3.8) is 0 Å². The molecule has 1 aromatic carbocycles. The smallest absolute Gasteiger partial charge is 0.290 e. The molecule has 0 fully saturated rings. The molecule has 7 heteroatoms. The van der Waals surface area contributed by atoms with Crippen molar-refractivity contribution < 1.29 is 14.7 Å². The number of hydrogen-bond acceptors (Lipinski definition) is 5. The first kappa shape index (κ1) is 18.4. The Morgan fingerprint density at radius 3 is 2.61 bits per heavy atom. The van der Waals surface area contributed by atoms with Crippen molar-refractivity contribution >= 4 is 34.6 Å². The number of halogens is 1. The average Bonchev–Trinajstić information content (AvgIpc) is 3.33. The van der Waals surface area contributed by atoms with Gasteiger partial charge in [0, 0.05) is 24.0 Å². The number of aliphatic hydroxyl groups excluding tert-OH is 1. The lowest BCUT2D eigenvalue weighted by Crippen LogP contribution is -2.30. The summed E-state index contributed by atoms with van der Waals surface area (Å²) in [4.78, 5) is 32.0. The predicted molar refractivity (Wildman–Crippen MR) is 107 cm³/mol. The van der Waals surface area contributed by atoms with Gasteiger partial charge in [-0.2, -0.15) is 0 Å². The highest BCUT2D eigenvalue weighted by Crippen LogP contribution is 2.40. The Morgan fingerprint density at radius 2 is 1.96 bits per heavy atom. The van der Waals surface area contributed by atoms with E-state index < -0.39 is 17.7 Å². The van der Waals surface area contributed by atoms with Crippen molar-refractivity contribution in [3.8, 4) is 0 Å². The summed E-state index contributed by atoms with van der Waals surface area (Å²) in [5.41, 5.74) is 1.58. The molecular weight excluding hydrogens is 396 g/mol. The molecule has 0 aliphatic carbocycles. The number of hydrogen-bond donors (Lipinski definition) is 1. The molecule has 2 aromatic heterocycles. The first-order valence-electron chi connectivity index (χ1n) is 8.53. The summed E-state index contributed by atoms with van der Waals surface area (Å²) in [6, 6.07) is 13.3. The van der Waals surface area contributed by atoms with E-state index in [1.54, 1.807) is 60.2 Å². The van der Waals surface area contributed by atoms with Crippen LogP contribution in [-0.4, -0.2) is 26.7 Å². The van der Waals surface area contributed by atoms with Gasteiger partial charge in [0.15, 0.2) is 5.76 Å². The van der Waals surface area contributed by atoms with E-state index in [2.05, 4.69) is 4.98 Å². The molecule has 0 saturated carbocycles. The Hall–Kier alpha value is -2.96. The molecule has 1 N–H and O–H groups in total. The maximum atomic E-state index is 13.1. The van der Waals surface area contributed by atoms with E-state index in [-0.39, 0.29) is 17.9 Å². The molecule has 0 bridgehead atoms. The minimum atomic E-state index is -0.709. The second kappa shape index (κ2) is 7.58. The van der Waals surface area contributed by atoms with Crippen molar-refractivity contribution in [2.45, 2.75) is 12.6 Å². The van der Waals surface area contributed by atoms with Crippen molar-refractivity contribution in [2.24, 2.45) is 0 Å². The Balaban J connectivity index is 1.79. The molecule has 1 atom stereocenters. The zero-order valence-electron chi connectivity index (χ0n) is 14.6. The molecule has 0 unspecified atom stereocenters. The number of aromatic nitrogens is 1. The van der Waals surface area contributed by atoms with E-state index >= 15 is 0 Å². The molecule has 0 saturated heterocycles. The van der Waals surface area contributed by atoms with Crippen LogP contribution in [-0.2, 0) is 11.3 Å². The third kappa shape index (κ3) is 3.32. The van der Waals surface area contributed by atoms with Crippen molar-refractivity contribution in [1.82, 2.24) is 9.88 Å². The minimum absolute atomic E-state index is 0.0821. The summed E-state index contributed by atoms with van der Waals surface area (Å²) < 4.78 is 0. The predicted octanol–water partition coefficient (Wildman–Crippen LogP) is 4.58. The highest BCUT2D eigenvalue weighted by atomic mass is 35.5. The number of pyridine rings is 1. The number of carbonyl (C=O) groups is 2. The van der Waals surface area contributed by atoms with Gasteiger partial charge in [-0.3, -0.25) is 14.6 Å². The number of thiophene rings is 1. The largest absolute Gasteiger partial charge is 0.503 e. The Morgan fingerprint density at radius 1 is 1.18 bits per heavy atom. The summed E-state index contributed by atoms with van der Waals surface area (Å²) in [5.74, 6) is -1.44. The van der Waals surface area contributed by atoms with Gasteiger partial charge in [-0.05, 0) is 40.8 Å². The second-order valence-electron chi connectivity index (χ2n) is 6.32. The lowest BCUT2D eigenvalue weighted by molar-refractivity contribution is -0.130. The van der Waals surface area contributed by atoms with Gasteiger partial charge in [-0.25, -0.2) is 0 Å². The van der Waals surface area contributed by atoms with Gasteiger partial charge in [0.2, 0.25) is 5.78 Å². The van der Waals surface area contributed by atoms with Gasteiger partial charge < -0.3 is 10.0 Å². The number of benzene rings is 1. The first-order valence-corrected chi connectivity index (χ1v) is 9.78. The average molecular weight is 411 g/mol. The molecule has 0 radical (unpaired) electrons. The van der Waals surface area contributed by atoms with Crippen LogP contribution in [0.15, 0.2) is 77.6 Å². The molecule has 140 valence electrons. The van der Waals surface area contributed by atoms with E-state index in [1.165, 1.54) is 16.2 Å². The fourth-order valence-corrected chi connectivity index (χ4v) is 4.07. The van der Waals surface area contributed by atoms with Crippen LogP contribution in [0.2, 0.25) is 5.02 Å². The normalized spacial score (nSPS) is 16.7. The van der Waals surface area contributed by atoms with Crippen molar-refractivity contribution in [3.05, 3.63) is 98.7 Å². The second-order valence-corrected chi connectivity index (χ2v) is 7.70. The van der Waals surface area contributed by atoms with Crippen LogP contribution in [0.25, 0.3) is 0 Å². The van der Waals surface area contributed by atoms with Gasteiger partial charge in [0.05, 0.1) is 16.5 Å². The highest BCUT2D eigenvalue weighted by molar-refractivity contribution is 7.12. The maximum absolute atomic E-state index is 13.1. The molecule has 1 amide bonds. The zero-order chi connectivity index (χ0) is 19.7. The fraction of sp³-hybridized carbons (Fsp3) is 0.0952. The lowest BCUT2D eigenvalue weighted by atomic mass is 9.95. The maximum Gasteiger partial charge on any atom is 0.290 e. The SMILES string of the molecule is O=C(C1=C(O)C(=O)N(Cc2cccnc2)[C@@H]1c1ccc(Cl)cc1)c1cccs1. The molecule has 0 spiro atoms. The number of Topliss-reactive ketones (excluding diaryl/α,β-unsaturated/α-hetero) is 1. The van der Waals surface area contributed by atoms with Crippen LogP contribution < -0.4 is 0 Å². The molecule has 3 heterocycles. The number of nitrogens with zero attached hydrogens (tertiary/aromatic N) is 2. The van der Waals surface area contributed by atoms with Gasteiger partial charge in [0.25, 0.3) is 5.91 Å². The number of amides is 1. The monoisotopic (exact) mass is 410 g/mol. The van der Waals surface area contributed by atoms with Crippen LogP contribution in [0, 0.1) is 0 Å². The van der Waals surface area contributed by atoms with Crippen LogP contribution in [0.3, 0.4) is 0 Å². The fourth-order valence-electron chi connectivity index (χ4n) is 3.27. The van der Waals surface area contributed by atoms with Gasteiger partial charge in [0.1, 0.15) is 0 Å². The molecular formula is C21H15ClN2O3S. The summed E-state index contributed by atoms with van der Waals surface area (Å²) in [6.07, 6.45) is 3.30. The lowest BCUT2D eigenvalue weighted by Gasteiger charge is -2.26. The molecule has 1 aliphatic heterocycles. The number of carbonyl (C=O) groups excluding carboxylic acids is 2. The van der Waals surface area contributed by atoms with Gasteiger partial charge >= 0.3 is 0 Å². The number of ketones is 1. The third-order valence-corrected chi connectivity index (χ3v) is 5.68. The molecule has 4 rings (SSSR count). The van der Waals surface area contributed by atoms with Gasteiger partial charge in [-0.15, -0.1) is 11.3 Å². The third-order valence-electron chi connectivity index (χ3n) is 4.55. The first-order chi connectivity index (χ1) is 13.6. The van der Waals surface area contributed by atoms with E-state index in [9.17, 15) is 14.7 Å². The van der Waals surface area contributed by atoms with Crippen molar-refractivity contribution in [2.75, 3.05) is 0 Å². The standard InChI is InChI=1S/C21H15ClN2O3S/c22-15-7-5-14(6-8-15)18-17(19(25)16-4-2-10-28-16)20(26)21(27)24(18)12-13-3-1-9-23-11-13/h1-11,18,26H,12H2/t18-/m1/s1. The quantitative estimate of drug-likeness (QED) is 0.625. The van der Waals surface area contributed by atoms with Crippen LogP contribution in [0.5, 0.6) is 0 Å². The molecule has 3 aromatic rings. The zero-order valence-corrected chi connectivity index (χ0v) is 16.2. The Bertz CT molecular complexity index is 1050. The summed E-state index contributed by atoms with van der Waals surface area (Å²) in [5, 5.41) is 12.9. The minimum Gasteiger partial charge on any atom is -0.503 e. The highest BCUT2D eigenvalue weighted by Gasteiger charge is 2.43. The Kier molecular flexibility index (Phi) is 4.98. The van der Waals surface area contributed by atoms with Crippen LogP contribution in [0.4, 0.5) is 0 Å². The number of aliphatic hydroxyl groups is 1. The molecule has 1 aliphatic rings. The van der Waals surface area contributed by atoms with E-state index in [4.69, 9.17) is 11.6 Å². The van der Waals surface area contributed by atoms with E-state index in [0.29, 0.717) is 15.5 Å². The van der Waals surface area contributed by atoms with Crippen molar-refractivity contribution in [1.29, 1.82) is 0 Å². The topological polar surface area (TPSA) is 70.5 Å². The molecule has 5 nitrogen and oxygen atoms in total.